The number of benzene rings is 1. The second kappa shape index (κ2) is 9.04. The number of nitrogens with one attached hydrogen (secondary N) is 2. The molecule has 4 aliphatic rings. The predicted molar refractivity (Wildman–Crippen MR) is 123 cm³/mol. The molecule has 1 aliphatic carbocycles. The molecule has 8 heteroatoms. The molecule has 3 heterocycles. The molecular formula is C26H34FN3O4. The molecule has 0 radical (unpaired) electrons. The summed E-state index contributed by atoms with van der Waals surface area (Å²) in [4.78, 5) is 38.1. The summed E-state index contributed by atoms with van der Waals surface area (Å²) in [7, 11) is 0. The number of hydrogen-bond acceptors (Lipinski definition) is 5. The summed E-state index contributed by atoms with van der Waals surface area (Å²) in [6.45, 7) is 5.34. The molecule has 1 aromatic rings. The number of piperidine rings is 1. The zero-order chi connectivity index (χ0) is 24.0. The average Bonchev–Trinajstić information content (AvgIpc) is 3.30. The Balaban J connectivity index is 1.30. The molecular weight excluding hydrogens is 437 g/mol. The minimum atomic E-state index is -0.744. The highest BCUT2D eigenvalue weighted by Gasteiger charge is 2.41. The molecule has 2 unspecified atom stereocenters. The average molecular weight is 472 g/mol. The van der Waals surface area contributed by atoms with E-state index >= 15 is 4.39 Å². The van der Waals surface area contributed by atoms with Gasteiger partial charge in [0.05, 0.1) is 12.6 Å². The van der Waals surface area contributed by atoms with Gasteiger partial charge in [-0.25, -0.2) is 4.39 Å². The first-order valence-electron chi connectivity index (χ1n) is 12.5. The molecule has 7 nitrogen and oxygen atoms in total. The first-order valence-corrected chi connectivity index (χ1v) is 12.5. The predicted octanol–water partition coefficient (Wildman–Crippen LogP) is 2.85. The lowest BCUT2D eigenvalue weighted by molar-refractivity contribution is -0.136. The van der Waals surface area contributed by atoms with Crippen LogP contribution in [0.2, 0.25) is 0 Å². The van der Waals surface area contributed by atoms with Crippen molar-refractivity contribution in [3.05, 3.63) is 34.6 Å². The highest BCUT2D eigenvalue weighted by atomic mass is 19.1. The quantitative estimate of drug-likeness (QED) is 0.645. The van der Waals surface area contributed by atoms with Gasteiger partial charge in [0.1, 0.15) is 11.9 Å². The molecule has 3 amide bonds. The summed E-state index contributed by atoms with van der Waals surface area (Å²) in [5, 5.41) is 6.08. The van der Waals surface area contributed by atoms with Gasteiger partial charge in [-0.15, -0.1) is 0 Å². The van der Waals surface area contributed by atoms with Crippen LogP contribution in [-0.4, -0.2) is 53.5 Å². The van der Waals surface area contributed by atoms with Crippen LogP contribution in [0.15, 0.2) is 12.1 Å². The Kier molecular flexibility index (Phi) is 6.23. The lowest BCUT2D eigenvalue weighted by atomic mass is 9.91. The van der Waals surface area contributed by atoms with Crippen molar-refractivity contribution in [2.24, 2.45) is 5.41 Å². The number of rotatable bonds is 5. The Labute approximate surface area is 199 Å². The van der Waals surface area contributed by atoms with Gasteiger partial charge in [-0.1, -0.05) is 19.9 Å². The van der Waals surface area contributed by atoms with Crippen LogP contribution in [0.3, 0.4) is 0 Å². The van der Waals surface area contributed by atoms with Crippen molar-refractivity contribution in [3.63, 3.8) is 0 Å². The van der Waals surface area contributed by atoms with Crippen LogP contribution < -0.4 is 10.6 Å². The van der Waals surface area contributed by atoms with E-state index in [9.17, 15) is 14.4 Å². The van der Waals surface area contributed by atoms with Crippen LogP contribution in [0.25, 0.3) is 0 Å². The summed E-state index contributed by atoms with van der Waals surface area (Å²) >= 11 is 0. The second-order valence-corrected chi connectivity index (χ2v) is 11.1. The van der Waals surface area contributed by atoms with E-state index in [0.29, 0.717) is 41.2 Å². The monoisotopic (exact) mass is 471 g/mol. The molecule has 2 N–H and O–H groups in total. The summed E-state index contributed by atoms with van der Waals surface area (Å²) in [6.07, 6.45) is 6.27. The van der Waals surface area contributed by atoms with Crippen molar-refractivity contribution in [1.29, 1.82) is 0 Å². The zero-order valence-electron chi connectivity index (χ0n) is 20.0. The minimum Gasteiger partial charge on any atom is -0.376 e. The number of imide groups is 1. The van der Waals surface area contributed by atoms with E-state index in [4.69, 9.17) is 4.74 Å². The normalized spacial score (nSPS) is 31.0. The Morgan fingerprint density at radius 2 is 2.03 bits per heavy atom. The van der Waals surface area contributed by atoms with Gasteiger partial charge in [0, 0.05) is 42.7 Å². The fourth-order valence-electron chi connectivity index (χ4n) is 6.14. The Hall–Kier alpha value is -2.32. The number of carbonyl (C=O) groups is 3. The summed E-state index contributed by atoms with van der Waals surface area (Å²) < 4.78 is 21.7. The Morgan fingerprint density at radius 3 is 2.76 bits per heavy atom. The van der Waals surface area contributed by atoms with E-state index in [0.717, 1.165) is 25.7 Å². The molecule has 1 saturated carbocycles. The number of halogens is 1. The molecule has 184 valence electrons. The van der Waals surface area contributed by atoms with Gasteiger partial charge in [0.15, 0.2) is 0 Å². The summed E-state index contributed by atoms with van der Waals surface area (Å²) in [5.74, 6) is -1.56. The fourth-order valence-corrected chi connectivity index (χ4v) is 6.14. The fraction of sp³-hybridized carbons (Fsp3) is 0.654. The number of ether oxygens (including phenoxy) is 1. The van der Waals surface area contributed by atoms with Crippen molar-refractivity contribution >= 4 is 17.7 Å². The van der Waals surface area contributed by atoms with Gasteiger partial charge < -0.3 is 15.0 Å². The third-order valence-electron chi connectivity index (χ3n) is 8.01. The van der Waals surface area contributed by atoms with Crippen LogP contribution >= 0.6 is 0 Å². The number of fused-ring (bicyclic) bond motifs is 1. The third-order valence-corrected chi connectivity index (χ3v) is 8.01. The van der Waals surface area contributed by atoms with Gasteiger partial charge in [-0.3, -0.25) is 19.7 Å². The maximum absolute atomic E-state index is 15.6. The lowest BCUT2D eigenvalue weighted by Gasteiger charge is -2.35. The van der Waals surface area contributed by atoms with Gasteiger partial charge in [-0.2, -0.15) is 0 Å². The molecule has 34 heavy (non-hydrogen) atoms. The molecule has 4 atom stereocenters. The van der Waals surface area contributed by atoms with Crippen molar-refractivity contribution < 1.29 is 23.5 Å². The molecule has 5 rings (SSSR count). The Bertz CT molecular complexity index is 1010. The Morgan fingerprint density at radius 1 is 1.21 bits per heavy atom. The van der Waals surface area contributed by atoms with E-state index in [-0.39, 0.29) is 49.2 Å². The molecule has 2 saturated heterocycles. The van der Waals surface area contributed by atoms with Gasteiger partial charge >= 0.3 is 0 Å². The number of amides is 3. The topological polar surface area (TPSA) is 87.7 Å². The standard InChI is InChI=1S/C26H34FN3O4/c1-26(2)10-9-16(13-26)28-19-4-3-11-34-21(19)12-15-5-6-17-18(23(15)27)14-30(25(17)33)20-7-8-22(31)29-24(20)32/h5-6,16,19-21,28H,3-4,7-14H2,1-2H3,(H,29,31,32)/t16?,19-,20?,21+/m0/s1. The van der Waals surface area contributed by atoms with Crippen LogP contribution in [-0.2, 0) is 27.3 Å². The van der Waals surface area contributed by atoms with Crippen molar-refractivity contribution in [1.82, 2.24) is 15.5 Å². The molecule has 0 bridgehead atoms. The molecule has 3 aliphatic heterocycles. The van der Waals surface area contributed by atoms with Crippen molar-refractivity contribution in [2.45, 2.75) is 96.0 Å². The van der Waals surface area contributed by atoms with E-state index in [1.54, 1.807) is 12.1 Å². The van der Waals surface area contributed by atoms with Crippen LogP contribution in [0.5, 0.6) is 0 Å². The maximum Gasteiger partial charge on any atom is 0.255 e. The molecule has 3 fully saturated rings. The summed E-state index contributed by atoms with van der Waals surface area (Å²) in [6, 6.07) is 3.27. The molecule has 0 spiro atoms. The highest BCUT2D eigenvalue weighted by Crippen LogP contribution is 2.38. The van der Waals surface area contributed by atoms with Crippen molar-refractivity contribution in [2.75, 3.05) is 6.61 Å². The number of carbonyl (C=O) groups excluding carboxylic acids is 3. The van der Waals surface area contributed by atoms with Crippen LogP contribution in [0.1, 0.15) is 80.3 Å². The van der Waals surface area contributed by atoms with E-state index in [1.807, 2.05) is 0 Å². The SMILES string of the molecule is CC1(C)CCC(N[C@H]2CCCO[C@@H]2Cc2ccc3c(c2F)CN(C2CCC(=O)NC2=O)C3=O)C1. The van der Waals surface area contributed by atoms with E-state index in [1.165, 1.54) is 11.3 Å². The first kappa shape index (κ1) is 23.4. The van der Waals surface area contributed by atoms with E-state index in [2.05, 4.69) is 24.5 Å². The lowest BCUT2D eigenvalue weighted by Crippen LogP contribution is -2.52. The first-order chi connectivity index (χ1) is 16.2. The van der Waals surface area contributed by atoms with Gasteiger partial charge in [0.25, 0.3) is 5.91 Å². The summed E-state index contributed by atoms with van der Waals surface area (Å²) in [5.41, 5.74) is 1.54. The minimum absolute atomic E-state index is 0.0461. The largest absolute Gasteiger partial charge is 0.376 e. The van der Waals surface area contributed by atoms with Crippen LogP contribution in [0.4, 0.5) is 4.39 Å². The van der Waals surface area contributed by atoms with Crippen molar-refractivity contribution in [3.8, 4) is 0 Å². The number of hydrogen-bond donors (Lipinski definition) is 2. The van der Waals surface area contributed by atoms with E-state index < -0.39 is 11.9 Å². The zero-order valence-corrected chi connectivity index (χ0v) is 20.0. The van der Waals surface area contributed by atoms with Crippen LogP contribution in [0, 0.1) is 11.2 Å². The maximum atomic E-state index is 15.6. The number of nitrogens with zero attached hydrogens (tertiary/aromatic N) is 1. The molecule has 1 aromatic carbocycles. The van der Waals surface area contributed by atoms with Gasteiger partial charge in [-0.05, 0) is 55.6 Å². The molecule has 0 aromatic heterocycles. The third kappa shape index (κ3) is 4.50. The second-order valence-electron chi connectivity index (χ2n) is 11.1. The highest BCUT2D eigenvalue weighted by molar-refractivity contribution is 6.05. The van der Waals surface area contributed by atoms with Gasteiger partial charge in [0.2, 0.25) is 11.8 Å². The smallest absolute Gasteiger partial charge is 0.255 e.